The van der Waals surface area contributed by atoms with Crippen LogP contribution in [0.15, 0.2) is 90.6 Å². The Morgan fingerprint density at radius 1 is 0.885 bits per heavy atom. The maximum Gasteiger partial charge on any atom is 0.137 e. The van der Waals surface area contributed by atoms with Crippen molar-refractivity contribution in [1.29, 1.82) is 0 Å². The first kappa shape index (κ1) is 35.7. The number of fused-ring (bicyclic) bond motifs is 3. The molecule has 0 saturated heterocycles. The molecule has 1 aliphatic carbocycles. The van der Waals surface area contributed by atoms with Crippen LogP contribution in [-0.2, 0) is 11.8 Å². The normalized spacial score (nSPS) is 18.1. The van der Waals surface area contributed by atoms with Gasteiger partial charge in [-0.05, 0) is 110 Å². The van der Waals surface area contributed by atoms with Crippen molar-refractivity contribution in [1.82, 2.24) is 19.3 Å². The van der Waals surface area contributed by atoms with Crippen molar-refractivity contribution in [2.45, 2.75) is 106 Å². The first-order chi connectivity index (χ1) is 24.9. The van der Waals surface area contributed by atoms with Crippen LogP contribution < -0.4 is 4.74 Å². The van der Waals surface area contributed by atoms with Gasteiger partial charge in [0.25, 0.3) is 0 Å². The van der Waals surface area contributed by atoms with Crippen LogP contribution in [0, 0.1) is 31.6 Å². The lowest BCUT2D eigenvalue weighted by Gasteiger charge is -2.35. The smallest absolute Gasteiger partial charge is 0.137 e. The summed E-state index contributed by atoms with van der Waals surface area (Å²) >= 11 is 0. The fraction of sp³-hybridized carbons (Fsp3) is 0.404. The molecule has 7 rings (SSSR count). The molecule has 3 heterocycles. The molecule has 0 N–H and O–H groups in total. The van der Waals surface area contributed by atoms with E-state index < -0.39 is 0 Å². The summed E-state index contributed by atoms with van der Waals surface area (Å²) < 4.78 is 11.3. The topological polar surface area (TPSA) is 44.9 Å². The Balaban J connectivity index is 1.32. The van der Waals surface area contributed by atoms with Crippen LogP contribution in [0.3, 0.4) is 0 Å². The van der Waals surface area contributed by atoms with Gasteiger partial charge in [-0.1, -0.05) is 91.7 Å². The Kier molecular flexibility index (Phi) is 9.67. The van der Waals surface area contributed by atoms with E-state index in [1.807, 2.05) is 6.20 Å². The SMILES string of the molecule is CCC1=C[C@H](C)C[C@H](CC)C1c1c(C)nn(-c2cc(Oc3ccc4c5ccccc5n(-c5cc(CC(C)C)ccn5)c4c3)cc(C(C)(C)C)c2)c1C. The van der Waals surface area contributed by atoms with Gasteiger partial charge in [-0.15, -0.1) is 0 Å². The van der Waals surface area contributed by atoms with E-state index in [1.54, 1.807) is 5.57 Å². The number of rotatable bonds is 9. The Labute approximate surface area is 310 Å². The number of pyridine rings is 1. The van der Waals surface area contributed by atoms with Gasteiger partial charge in [-0.25, -0.2) is 9.67 Å². The number of nitrogens with zero attached hydrogens (tertiary/aromatic N) is 4. The van der Waals surface area contributed by atoms with Gasteiger partial charge >= 0.3 is 0 Å². The maximum absolute atomic E-state index is 6.84. The van der Waals surface area contributed by atoms with E-state index in [0.717, 1.165) is 52.6 Å². The molecule has 1 unspecified atom stereocenters. The lowest BCUT2D eigenvalue weighted by Crippen LogP contribution is -2.23. The lowest BCUT2D eigenvalue weighted by atomic mass is 9.69. The predicted octanol–water partition coefficient (Wildman–Crippen LogP) is 12.8. The van der Waals surface area contributed by atoms with Gasteiger partial charge in [-0.3, -0.25) is 4.57 Å². The second kappa shape index (κ2) is 14.1. The highest BCUT2D eigenvalue weighted by Gasteiger charge is 2.34. The van der Waals surface area contributed by atoms with E-state index in [9.17, 15) is 0 Å². The molecular formula is C47H56N4O. The zero-order chi connectivity index (χ0) is 36.9. The Morgan fingerprint density at radius 2 is 1.65 bits per heavy atom. The van der Waals surface area contributed by atoms with Crippen LogP contribution >= 0.6 is 0 Å². The molecule has 0 aliphatic heterocycles. The van der Waals surface area contributed by atoms with Crippen LogP contribution in [0.1, 0.15) is 109 Å². The average Bonchev–Trinajstić information content (AvgIpc) is 3.59. The standard InChI is InChI=1S/C47H56N4O/c1-11-34-22-30(5)23-35(12-2)46(34)45-31(6)49-51(32(45)7)37-25-36(47(8,9)10)26-39(27-37)52-38-17-18-41-40-15-13-14-16-42(40)50(43(41)28-38)44-24-33(19-20-48-44)21-29(3)4/h13-20,22,24-30,35,46H,11-12,21,23H2,1-10H3/t30-,35-,46?/m0/s1. The van der Waals surface area contributed by atoms with E-state index in [-0.39, 0.29) is 5.41 Å². The number of ether oxygens (including phenoxy) is 1. The van der Waals surface area contributed by atoms with Crippen molar-refractivity contribution in [3.63, 3.8) is 0 Å². The minimum Gasteiger partial charge on any atom is -0.457 e. The third kappa shape index (κ3) is 6.71. The Bertz CT molecular complexity index is 2280. The third-order valence-corrected chi connectivity index (χ3v) is 11.2. The highest BCUT2D eigenvalue weighted by molar-refractivity contribution is 6.09. The van der Waals surface area contributed by atoms with Crippen molar-refractivity contribution < 1.29 is 4.74 Å². The average molecular weight is 693 g/mol. The molecule has 0 saturated carbocycles. The van der Waals surface area contributed by atoms with Crippen LogP contribution in [-0.4, -0.2) is 19.3 Å². The zero-order valence-electron chi connectivity index (χ0n) is 32.9. The summed E-state index contributed by atoms with van der Waals surface area (Å²) in [5.41, 5.74) is 11.0. The molecular weight excluding hydrogens is 637 g/mol. The molecule has 0 radical (unpaired) electrons. The monoisotopic (exact) mass is 692 g/mol. The minimum absolute atomic E-state index is 0.0823. The van der Waals surface area contributed by atoms with Gasteiger partial charge in [0.05, 0.1) is 22.4 Å². The van der Waals surface area contributed by atoms with Gasteiger partial charge in [0.15, 0.2) is 0 Å². The summed E-state index contributed by atoms with van der Waals surface area (Å²) in [7, 11) is 0. The molecule has 3 aromatic carbocycles. The lowest BCUT2D eigenvalue weighted by molar-refractivity contribution is 0.347. The molecule has 270 valence electrons. The predicted molar refractivity (Wildman–Crippen MR) is 218 cm³/mol. The molecule has 0 amide bonds. The van der Waals surface area contributed by atoms with E-state index >= 15 is 0 Å². The molecule has 0 bridgehead atoms. The van der Waals surface area contributed by atoms with Crippen LogP contribution in [0.5, 0.6) is 11.5 Å². The highest BCUT2D eigenvalue weighted by atomic mass is 16.5. The van der Waals surface area contributed by atoms with E-state index in [0.29, 0.717) is 23.7 Å². The summed E-state index contributed by atoms with van der Waals surface area (Å²) in [5, 5.41) is 7.63. The molecule has 5 nitrogen and oxygen atoms in total. The van der Waals surface area contributed by atoms with Gasteiger partial charge in [0.1, 0.15) is 17.3 Å². The summed E-state index contributed by atoms with van der Waals surface area (Å²) in [4.78, 5) is 4.87. The van der Waals surface area contributed by atoms with Crippen LogP contribution in [0.2, 0.25) is 0 Å². The van der Waals surface area contributed by atoms with Crippen LogP contribution in [0.4, 0.5) is 0 Å². The molecule has 6 aromatic rings. The van der Waals surface area contributed by atoms with Crippen LogP contribution in [0.25, 0.3) is 33.3 Å². The minimum atomic E-state index is -0.0823. The number of allylic oxidation sites excluding steroid dienone is 2. The first-order valence-electron chi connectivity index (χ1n) is 19.4. The largest absolute Gasteiger partial charge is 0.457 e. The van der Waals surface area contributed by atoms with E-state index in [4.69, 9.17) is 14.8 Å². The van der Waals surface area contributed by atoms with E-state index in [2.05, 4.69) is 157 Å². The molecule has 3 atom stereocenters. The summed E-state index contributed by atoms with van der Waals surface area (Å²) in [6.07, 6.45) is 8.98. The number of benzene rings is 3. The van der Waals surface area contributed by atoms with Gasteiger partial charge in [0, 0.05) is 46.3 Å². The van der Waals surface area contributed by atoms with Crippen molar-refractivity contribution in [3.8, 4) is 23.0 Å². The molecule has 1 aliphatic rings. The molecule has 0 fully saturated rings. The van der Waals surface area contributed by atoms with Crippen molar-refractivity contribution in [3.05, 3.63) is 119 Å². The molecule has 5 heteroatoms. The first-order valence-corrected chi connectivity index (χ1v) is 19.4. The molecule has 52 heavy (non-hydrogen) atoms. The van der Waals surface area contributed by atoms with Gasteiger partial charge < -0.3 is 4.74 Å². The molecule has 3 aromatic heterocycles. The number of hydrogen-bond donors (Lipinski definition) is 0. The summed E-state index contributed by atoms with van der Waals surface area (Å²) in [6.45, 7) is 22.8. The number of aromatic nitrogens is 4. The van der Waals surface area contributed by atoms with Gasteiger partial charge in [-0.2, -0.15) is 5.10 Å². The quantitative estimate of drug-likeness (QED) is 0.142. The number of hydrogen-bond acceptors (Lipinski definition) is 3. The second-order valence-electron chi connectivity index (χ2n) is 16.7. The van der Waals surface area contributed by atoms with Crippen molar-refractivity contribution in [2.24, 2.45) is 17.8 Å². The Hall–Kier alpha value is -4.64. The maximum atomic E-state index is 6.84. The van der Waals surface area contributed by atoms with Crippen molar-refractivity contribution >= 4 is 21.8 Å². The second-order valence-corrected chi connectivity index (χ2v) is 16.7. The third-order valence-electron chi connectivity index (χ3n) is 11.2. The van der Waals surface area contributed by atoms with Gasteiger partial charge in [0.2, 0.25) is 0 Å². The fourth-order valence-corrected chi connectivity index (χ4v) is 8.75. The number of aryl methyl sites for hydroxylation is 1. The van der Waals surface area contributed by atoms with E-state index in [1.165, 1.54) is 46.0 Å². The highest BCUT2D eigenvalue weighted by Crippen LogP contribution is 2.46. The number of para-hydroxylation sites is 1. The fourth-order valence-electron chi connectivity index (χ4n) is 8.75. The summed E-state index contributed by atoms with van der Waals surface area (Å²) in [5.74, 6) is 4.77. The zero-order valence-corrected chi connectivity index (χ0v) is 32.9. The van der Waals surface area contributed by atoms with Crippen molar-refractivity contribution in [2.75, 3.05) is 0 Å². The molecule has 0 spiro atoms. The summed E-state index contributed by atoms with van der Waals surface area (Å²) in [6, 6.07) is 26.1. The Morgan fingerprint density at radius 3 is 2.38 bits per heavy atom.